The molecule has 0 amide bonds. The van der Waals surface area contributed by atoms with Crippen LogP contribution in [0.2, 0.25) is 0 Å². The maximum Gasteiger partial charge on any atom is 0.173 e. The van der Waals surface area contributed by atoms with Crippen LogP contribution in [0.15, 0.2) is 24.3 Å². The lowest BCUT2D eigenvalue weighted by molar-refractivity contribution is 0.628. The van der Waals surface area contributed by atoms with Crippen molar-refractivity contribution in [1.82, 2.24) is 5.32 Å². The van der Waals surface area contributed by atoms with Crippen molar-refractivity contribution in [2.24, 2.45) is 0 Å². The summed E-state index contributed by atoms with van der Waals surface area (Å²) in [5.74, 6) is -0.250. The van der Waals surface area contributed by atoms with E-state index in [1.54, 1.807) is 30.1 Å². The van der Waals surface area contributed by atoms with Crippen molar-refractivity contribution in [2.75, 3.05) is 11.9 Å². The van der Waals surface area contributed by atoms with Crippen LogP contribution >= 0.6 is 12.2 Å². The lowest BCUT2D eigenvalue weighted by Gasteiger charge is -2.21. The Morgan fingerprint density at radius 3 is 2.73 bits per heavy atom. The van der Waals surface area contributed by atoms with Crippen molar-refractivity contribution < 1.29 is 4.39 Å². The molecule has 0 aliphatic heterocycles. The molecule has 4 heteroatoms. The number of anilines is 1. The van der Waals surface area contributed by atoms with Gasteiger partial charge in [-0.05, 0) is 37.2 Å². The number of para-hydroxylation sites is 1. The second-order valence-electron chi connectivity index (χ2n) is 3.73. The first-order chi connectivity index (χ1) is 7.18. The van der Waals surface area contributed by atoms with E-state index in [9.17, 15) is 4.39 Å². The van der Waals surface area contributed by atoms with E-state index in [0.717, 1.165) is 12.8 Å². The van der Waals surface area contributed by atoms with Gasteiger partial charge >= 0.3 is 0 Å². The highest BCUT2D eigenvalue weighted by Crippen LogP contribution is 2.21. The van der Waals surface area contributed by atoms with Gasteiger partial charge in [0.1, 0.15) is 5.82 Å². The monoisotopic (exact) mass is 224 g/mol. The van der Waals surface area contributed by atoms with Gasteiger partial charge in [-0.3, -0.25) is 0 Å². The second kappa shape index (κ2) is 4.14. The van der Waals surface area contributed by atoms with Crippen molar-refractivity contribution >= 4 is 23.0 Å². The van der Waals surface area contributed by atoms with Gasteiger partial charge in [0.15, 0.2) is 5.11 Å². The van der Waals surface area contributed by atoms with Crippen LogP contribution in [0, 0.1) is 5.82 Å². The first kappa shape index (κ1) is 10.4. The average molecular weight is 224 g/mol. The Labute approximate surface area is 94.1 Å². The number of halogens is 1. The van der Waals surface area contributed by atoms with Crippen molar-refractivity contribution in [3.63, 3.8) is 0 Å². The molecule has 1 N–H and O–H groups in total. The van der Waals surface area contributed by atoms with Crippen LogP contribution in [0.25, 0.3) is 0 Å². The van der Waals surface area contributed by atoms with E-state index in [0.29, 0.717) is 16.8 Å². The van der Waals surface area contributed by atoms with Gasteiger partial charge < -0.3 is 10.2 Å². The quantitative estimate of drug-likeness (QED) is 0.776. The predicted molar refractivity (Wildman–Crippen MR) is 63.6 cm³/mol. The molecule has 1 saturated carbocycles. The largest absolute Gasteiger partial charge is 0.360 e. The molecule has 0 radical (unpaired) electrons. The maximum absolute atomic E-state index is 13.4. The molecular weight excluding hydrogens is 211 g/mol. The molecule has 0 atom stereocenters. The number of nitrogens with zero attached hydrogens (tertiary/aromatic N) is 1. The number of hydrogen-bond acceptors (Lipinski definition) is 1. The molecule has 15 heavy (non-hydrogen) atoms. The third kappa shape index (κ3) is 2.45. The normalized spacial score (nSPS) is 14.8. The fraction of sp³-hybridized carbons (Fsp3) is 0.364. The molecule has 0 heterocycles. The van der Waals surface area contributed by atoms with Gasteiger partial charge in [-0.2, -0.15) is 0 Å². The lowest BCUT2D eigenvalue weighted by Crippen LogP contribution is -2.38. The Hall–Kier alpha value is -1.16. The summed E-state index contributed by atoms with van der Waals surface area (Å²) in [4.78, 5) is 1.67. The molecule has 1 fully saturated rings. The molecule has 0 bridgehead atoms. The van der Waals surface area contributed by atoms with E-state index in [2.05, 4.69) is 5.32 Å². The molecule has 80 valence electrons. The molecule has 0 saturated heterocycles. The van der Waals surface area contributed by atoms with E-state index in [1.807, 2.05) is 0 Å². The van der Waals surface area contributed by atoms with Crippen molar-refractivity contribution in [2.45, 2.75) is 18.9 Å². The van der Waals surface area contributed by atoms with Crippen LogP contribution in [-0.4, -0.2) is 18.2 Å². The molecule has 2 rings (SSSR count). The van der Waals surface area contributed by atoms with Crippen LogP contribution in [0.5, 0.6) is 0 Å². The first-order valence-electron chi connectivity index (χ1n) is 4.97. The molecule has 0 aromatic heterocycles. The summed E-state index contributed by atoms with van der Waals surface area (Å²) in [6, 6.07) is 7.12. The number of nitrogens with one attached hydrogen (secondary N) is 1. The highest BCUT2D eigenvalue weighted by atomic mass is 32.1. The molecule has 1 aliphatic carbocycles. The Kier molecular flexibility index (Phi) is 2.86. The van der Waals surface area contributed by atoms with E-state index in [-0.39, 0.29) is 5.82 Å². The Bertz CT molecular complexity index is 377. The van der Waals surface area contributed by atoms with Crippen LogP contribution in [0.1, 0.15) is 12.8 Å². The predicted octanol–water partition coefficient (Wildman–Crippen LogP) is 2.30. The number of hydrogen-bond donors (Lipinski definition) is 1. The summed E-state index contributed by atoms with van der Waals surface area (Å²) < 4.78 is 13.4. The Morgan fingerprint density at radius 2 is 2.13 bits per heavy atom. The van der Waals surface area contributed by atoms with Gasteiger partial charge in [-0.15, -0.1) is 0 Å². The SMILES string of the molecule is CN(C(=S)NC1CC1)c1ccccc1F. The van der Waals surface area contributed by atoms with E-state index in [4.69, 9.17) is 12.2 Å². The summed E-state index contributed by atoms with van der Waals surface area (Å²) in [5, 5.41) is 3.76. The lowest BCUT2D eigenvalue weighted by atomic mass is 10.3. The molecular formula is C11H13FN2S. The van der Waals surface area contributed by atoms with Crippen LogP contribution < -0.4 is 10.2 Å². The van der Waals surface area contributed by atoms with Crippen LogP contribution in [0.3, 0.4) is 0 Å². The zero-order valence-corrected chi connectivity index (χ0v) is 9.35. The number of thiocarbonyl (C=S) groups is 1. The fourth-order valence-corrected chi connectivity index (χ4v) is 1.60. The van der Waals surface area contributed by atoms with E-state index in [1.165, 1.54) is 6.07 Å². The molecule has 1 aliphatic rings. The van der Waals surface area contributed by atoms with Gasteiger partial charge in [0.05, 0.1) is 5.69 Å². The highest BCUT2D eigenvalue weighted by Gasteiger charge is 2.23. The summed E-state index contributed by atoms with van der Waals surface area (Å²) >= 11 is 5.18. The minimum Gasteiger partial charge on any atom is -0.360 e. The van der Waals surface area contributed by atoms with E-state index < -0.39 is 0 Å². The number of benzene rings is 1. The molecule has 0 spiro atoms. The summed E-state index contributed by atoms with van der Waals surface area (Å²) in [5.41, 5.74) is 0.510. The topological polar surface area (TPSA) is 15.3 Å². The van der Waals surface area contributed by atoms with Gasteiger partial charge in [0, 0.05) is 13.1 Å². The van der Waals surface area contributed by atoms with Gasteiger partial charge in [-0.25, -0.2) is 4.39 Å². The molecule has 2 nitrogen and oxygen atoms in total. The zero-order chi connectivity index (χ0) is 10.8. The molecule has 0 unspecified atom stereocenters. The minimum absolute atomic E-state index is 0.250. The third-order valence-corrected chi connectivity index (χ3v) is 2.82. The molecule has 1 aromatic rings. The van der Waals surface area contributed by atoms with Gasteiger partial charge in [-0.1, -0.05) is 12.1 Å². The minimum atomic E-state index is -0.250. The number of rotatable bonds is 2. The average Bonchev–Trinajstić information content (AvgIpc) is 3.01. The van der Waals surface area contributed by atoms with Gasteiger partial charge in [0.25, 0.3) is 0 Å². The van der Waals surface area contributed by atoms with Crippen LogP contribution in [0.4, 0.5) is 10.1 Å². The summed E-state index contributed by atoms with van der Waals surface area (Å²) in [7, 11) is 1.77. The van der Waals surface area contributed by atoms with Crippen molar-refractivity contribution in [1.29, 1.82) is 0 Å². The van der Waals surface area contributed by atoms with Gasteiger partial charge in [0.2, 0.25) is 0 Å². The second-order valence-corrected chi connectivity index (χ2v) is 4.12. The first-order valence-corrected chi connectivity index (χ1v) is 5.38. The smallest absolute Gasteiger partial charge is 0.173 e. The summed E-state index contributed by atoms with van der Waals surface area (Å²) in [6.45, 7) is 0. The highest BCUT2D eigenvalue weighted by molar-refractivity contribution is 7.80. The summed E-state index contributed by atoms with van der Waals surface area (Å²) in [6.07, 6.45) is 2.32. The van der Waals surface area contributed by atoms with Crippen LogP contribution in [-0.2, 0) is 0 Å². The van der Waals surface area contributed by atoms with Crippen molar-refractivity contribution in [3.05, 3.63) is 30.1 Å². The van der Waals surface area contributed by atoms with E-state index >= 15 is 0 Å². The Morgan fingerprint density at radius 1 is 1.47 bits per heavy atom. The Balaban J connectivity index is 2.08. The third-order valence-electron chi connectivity index (χ3n) is 2.42. The fourth-order valence-electron chi connectivity index (χ4n) is 1.33. The van der Waals surface area contributed by atoms with Crippen molar-refractivity contribution in [3.8, 4) is 0 Å². The standard InChI is InChI=1S/C11H13FN2S/c1-14(11(15)13-8-6-7-8)10-5-3-2-4-9(10)12/h2-5,8H,6-7H2,1H3,(H,13,15). The zero-order valence-electron chi connectivity index (χ0n) is 8.53. The molecule has 1 aromatic carbocycles. The maximum atomic E-state index is 13.4.